The van der Waals surface area contributed by atoms with Gasteiger partial charge in [-0.3, -0.25) is 9.48 Å². The molecule has 0 bridgehead atoms. The van der Waals surface area contributed by atoms with Gasteiger partial charge in [-0.15, -0.1) is 0 Å². The van der Waals surface area contributed by atoms with Crippen molar-refractivity contribution in [2.24, 2.45) is 13.0 Å². The molecule has 27 heavy (non-hydrogen) atoms. The van der Waals surface area contributed by atoms with Crippen molar-refractivity contribution in [3.63, 3.8) is 0 Å². The molecule has 0 unspecified atom stereocenters. The van der Waals surface area contributed by atoms with E-state index in [9.17, 15) is 18.0 Å². The number of hydrogen-bond donors (Lipinski definition) is 2. The summed E-state index contributed by atoms with van der Waals surface area (Å²) in [5, 5.41) is 9.62. The van der Waals surface area contributed by atoms with Crippen molar-refractivity contribution in [2.75, 3.05) is 10.6 Å². The third kappa shape index (κ3) is 3.18. The van der Waals surface area contributed by atoms with Crippen molar-refractivity contribution in [3.05, 3.63) is 42.4 Å². The minimum absolute atomic E-state index is 0.0827. The van der Waals surface area contributed by atoms with Crippen molar-refractivity contribution < 1.29 is 18.0 Å². The van der Waals surface area contributed by atoms with Crippen molar-refractivity contribution in [3.8, 4) is 0 Å². The second kappa shape index (κ2) is 6.22. The van der Waals surface area contributed by atoms with Gasteiger partial charge in [-0.2, -0.15) is 18.3 Å². The Balaban J connectivity index is 1.62. The SMILES string of the molecule is Cn1ncc2c1C[C@H](C(=O)Nc1ccc3cccnc3n1)[C@@H](C(F)(F)F)N2. The summed E-state index contributed by atoms with van der Waals surface area (Å²) in [6.07, 6.45) is -1.79. The highest BCUT2D eigenvalue weighted by Gasteiger charge is 2.50. The smallest absolute Gasteiger partial charge is 0.371 e. The molecule has 0 fully saturated rings. The van der Waals surface area contributed by atoms with Crippen LogP contribution in [-0.2, 0) is 18.3 Å². The maximum Gasteiger partial charge on any atom is 0.409 e. The highest BCUT2D eigenvalue weighted by Crippen LogP contribution is 2.36. The molecule has 140 valence electrons. The van der Waals surface area contributed by atoms with E-state index in [-0.39, 0.29) is 17.9 Å². The Morgan fingerprint density at radius 1 is 1.33 bits per heavy atom. The molecule has 1 aliphatic heterocycles. The summed E-state index contributed by atoms with van der Waals surface area (Å²) in [6, 6.07) is 4.78. The van der Waals surface area contributed by atoms with Gasteiger partial charge in [-0.25, -0.2) is 9.97 Å². The first-order valence-electron chi connectivity index (χ1n) is 8.19. The fourth-order valence-electron chi connectivity index (χ4n) is 3.22. The van der Waals surface area contributed by atoms with Crippen molar-refractivity contribution in [2.45, 2.75) is 18.6 Å². The zero-order chi connectivity index (χ0) is 19.2. The molecule has 0 radical (unpaired) electrons. The van der Waals surface area contributed by atoms with Crippen LogP contribution in [0.1, 0.15) is 5.69 Å². The van der Waals surface area contributed by atoms with Crippen molar-refractivity contribution in [1.82, 2.24) is 19.7 Å². The van der Waals surface area contributed by atoms with E-state index in [1.165, 1.54) is 16.9 Å². The molecule has 3 aromatic heterocycles. The molecule has 0 saturated carbocycles. The molecule has 0 aromatic carbocycles. The number of nitrogens with zero attached hydrogens (tertiary/aromatic N) is 4. The van der Waals surface area contributed by atoms with Gasteiger partial charge in [0.15, 0.2) is 5.65 Å². The standard InChI is InChI=1S/C17H15F3N6O/c1-26-12-7-10(14(17(18,19)20)23-11(12)8-22-26)16(27)25-13-5-4-9-3-2-6-21-15(9)24-13/h2-6,8,10,14,23H,7H2,1H3,(H,21,24,25,27)/t10-,14-/m0/s1. The number of aromatic nitrogens is 4. The lowest BCUT2D eigenvalue weighted by molar-refractivity contribution is -0.160. The number of anilines is 2. The molecule has 0 saturated heterocycles. The van der Waals surface area contributed by atoms with Gasteiger partial charge in [-0.1, -0.05) is 0 Å². The average Bonchev–Trinajstić information content (AvgIpc) is 3.00. The number of aryl methyl sites for hydroxylation is 1. The molecule has 3 aromatic rings. The van der Waals surface area contributed by atoms with Gasteiger partial charge in [0.2, 0.25) is 5.91 Å². The number of rotatable bonds is 2. The largest absolute Gasteiger partial charge is 0.409 e. The third-order valence-electron chi connectivity index (χ3n) is 4.59. The number of carbonyl (C=O) groups is 1. The Bertz CT molecular complexity index is 1020. The highest BCUT2D eigenvalue weighted by molar-refractivity contribution is 5.94. The summed E-state index contributed by atoms with van der Waals surface area (Å²) in [7, 11) is 1.62. The summed E-state index contributed by atoms with van der Waals surface area (Å²) in [6.45, 7) is 0. The predicted octanol–water partition coefficient (Wildman–Crippen LogP) is 2.52. The molecular weight excluding hydrogens is 361 g/mol. The number of amides is 1. The quantitative estimate of drug-likeness (QED) is 0.718. The monoisotopic (exact) mass is 376 g/mol. The van der Waals surface area contributed by atoms with Gasteiger partial charge >= 0.3 is 6.18 Å². The fourth-order valence-corrected chi connectivity index (χ4v) is 3.22. The fraction of sp³-hybridized carbons (Fsp3) is 0.294. The molecular formula is C17H15F3N6O. The first-order valence-corrected chi connectivity index (χ1v) is 8.19. The van der Waals surface area contributed by atoms with Gasteiger partial charge in [0.05, 0.1) is 23.5 Å². The van der Waals surface area contributed by atoms with Crippen LogP contribution in [0.2, 0.25) is 0 Å². The Labute approximate surface area is 151 Å². The molecule has 0 aliphatic carbocycles. The number of carbonyl (C=O) groups excluding carboxylic acids is 1. The number of fused-ring (bicyclic) bond motifs is 2. The number of hydrogen-bond acceptors (Lipinski definition) is 5. The summed E-state index contributed by atoms with van der Waals surface area (Å²) in [5.41, 5.74) is 1.24. The average molecular weight is 376 g/mol. The maximum atomic E-state index is 13.5. The molecule has 2 atom stereocenters. The number of pyridine rings is 2. The summed E-state index contributed by atoms with van der Waals surface area (Å²) in [5.74, 6) is -1.96. The van der Waals surface area contributed by atoms with Crippen LogP contribution in [0.15, 0.2) is 36.7 Å². The van der Waals surface area contributed by atoms with E-state index in [1.807, 2.05) is 0 Å². The van der Waals surface area contributed by atoms with Crippen molar-refractivity contribution >= 4 is 28.4 Å². The van der Waals surface area contributed by atoms with Crippen LogP contribution in [0.25, 0.3) is 11.0 Å². The second-order valence-corrected chi connectivity index (χ2v) is 6.34. The van der Waals surface area contributed by atoms with Gasteiger partial charge in [-0.05, 0) is 24.3 Å². The van der Waals surface area contributed by atoms with Crippen LogP contribution < -0.4 is 10.6 Å². The number of halogens is 3. The topological polar surface area (TPSA) is 84.7 Å². The van der Waals surface area contributed by atoms with Crippen LogP contribution in [0.5, 0.6) is 0 Å². The first kappa shape index (κ1) is 17.3. The normalized spacial score (nSPS) is 19.4. The van der Waals surface area contributed by atoms with Crippen LogP contribution in [0.4, 0.5) is 24.7 Å². The van der Waals surface area contributed by atoms with E-state index in [0.29, 0.717) is 11.3 Å². The molecule has 1 amide bonds. The minimum atomic E-state index is -4.59. The van der Waals surface area contributed by atoms with Crippen LogP contribution in [0, 0.1) is 5.92 Å². The molecule has 7 nitrogen and oxygen atoms in total. The lowest BCUT2D eigenvalue weighted by Crippen LogP contribution is -2.50. The molecule has 0 spiro atoms. The lowest BCUT2D eigenvalue weighted by atomic mass is 9.89. The molecule has 10 heteroatoms. The van der Waals surface area contributed by atoms with Crippen LogP contribution in [0.3, 0.4) is 0 Å². The van der Waals surface area contributed by atoms with Gasteiger partial charge in [0.1, 0.15) is 11.9 Å². The van der Waals surface area contributed by atoms with E-state index >= 15 is 0 Å². The highest BCUT2D eigenvalue weighted by atomic mass is 19.4. The Kier molecular flexibility index (Phi) is 3.97. The Hall–Kier alpha value is -3.17. The van der Waals surface area contributed by atoms with Crippen LogP contribution in [-0.4, -0.2) is 37.9 Å². The van der Waals surface area contributed by atoms with Gasteiger partial charge in [0.25, 0.3) is 0 Å². The third-order valence-corrected chi connectivity index (χ3v) is 4.59. The Morgan fingerprint density at radius 3 is 2.93 bits per heavy atom. The predicted molar refractivity (Wildman–Crippen MR) is 92.0 cm³/mol. The van der Waals surface area contributed by atoms with E-state index < -0.39 is 24.0 Å². The van der Waals surface area contributed by atoms with Crippen LogP contribution >= 0.6 is 0 Å². The summed E-state index contributed by atoms with van der Waals surface area (Å²) >= 11 is 0. The number of alkyl halides is 3. The number of nitrogens with one attached hydrogen (secondary N) is 2. The van der Waals surface area contributed by atoms with E-state index in [0.717, 1.165) is 5.39 Å². The first-order chi connectivity index (χ1) is 12.8. The van der Waals surface area contributed by atoms with Crippen molar-refractivity contribution in [1.29, 1.82) is 0 Å². The second-order valence-electron chi connectivity index (χ2n) is 6.34. The maximum absolute atomic E-state index is 13.5. The zero-order valence-corrected chi connectivity index (χ0v) is 14.2. The zero-order valence-electron chi connectivity index (χ0n) is 14.2. The van der Waals surface area contributed by atoms with E-state index in [1.54, 1.807) is 31.4 Å². The lowest BCUT2D eigenvalue weighted by Gasteiger charge is -2.33. The summed E-state index contributed by atoms with van der Waals surface area (Å²) in [4.78, 5) is 20.9. The van der Waals surface area contributed by atoms with Gasteiger partial charge < -0.3 is 10.6 Å². The molecule has 4 rings (SSSR count). The Morgan fingerprint density at radius 2 is 2.15 bits per heavy atom. The molecule has 2 N–H and O–H groups in total. The van der Waals surface area contributed by atoms with E-state index in [2.05, 4.69) is 25.7 Å². The van der Waals surface area contributed by atoms with E-state index in [4.69, 9.17) is 0 Å². The molecule has 1 aliphatic rings. The minimum Gasteiger partial charge on any atom is -0.371 e. The summed E-state index contributed by atoms with van der Waals surface area (Å²) < 4.78 is 42.0. The molecule has 4 heterocycles. The van der Waals surface area contributed by atoms with Gasteiger partial charge in [0, 0.05) is 25.1 Å².